The SMILES string of the molecule is CC(C)Oc1ccc(CNc2nc3nc4c(c(=O)n3[nH]2)CCC4)cc1. The summed E-state index contributed by atoms with van der Waals surface area (Å²) in [5, 5.41) is 6.20. The predicted molar refractivity (Wildman–Crippen MR) is 95.2 cm³/mol. The molecule has 1 aliphatic rings. The lowest BCUT2D eigenvalue weighted by Crippen LogP contribution is -2.20. The molecule has 0 unspecified atom stereocenters. The van der Waals surface area contributed by atoms with E-state index in [1.165, 1.54) is 4.52 Å². The van der Waals surface area contributed by atoms with E-state index in [1.54, 1.807) is 0 Å². The van der Waals surface area contributed by atoms with Gasteiger partial charge >= 0.3 is 0 Å². The van der Waals surface area contributed by atoms with Gasteiger partial charge in [-0.15, -0.1) is 0 Å². The number of aromatic amines is 1. The molecular formula is C18H21N5O2. The average Bonchev–Trinajstić information content (AvgIpc) is 3.21. The van der Waals surface area contributed by atoms with Crippen molar-refractivity contribution < 1.29 is 4.74 Å². The lowest BCUT2D eigenvalue weighted by atomic mass is 10.2. The Morgan fingerprint density at radius 2 is 2.04 bits per heavy atom. The Hall–Kier alpha value is -2.83. The Bertz CT molecular complexity index is 956. The van der Waals surface area contributed by atoms with Crippen LogP contribution in [0, 0.1) is 0 Å². The molecule has 0 radical (unpaired) electrons. The van der Waals surface area contributed by atoms with Gasteiger partial charge in [0, 0.05) is 12.1 Å². The molecule has 25 heavy (non-hydrogen) atoms. The fourth-order valence-electron chi connectivity index (χ4n) is 3.11. The summed E-state index contributed by atoms with van der Waals surface area (Å²) in [6.07, 6.45) is 2.82. The number of anilines is 1. The first kappa shape index (κ1) is 15.7. The van der Waals surface area contributed by atoms with Crippen LogP contribution in [0.4, 0.5) is 5.95 Å². The molecule has 2 N–H and O–H groups in total. The minimum Gasteiger partial charge on any atom is -0.491 e. The zero-order valence-corrected chi connectivity index (χ0v) is 14.4. The average molecular weight is 339 g/mol. The summed E-state index contributed by atoms with van der Waals surface area (Å²) in [7, 11) is 0. The highest BCUT2D eigenvalue weighted by molar-refractivity contribution is 5.41. The summed E-state index contributed by atoms with van der Waals surface area (Å²) in [6.45, 7) is 4.60. The molecule has 0 fully saturated rings. The molecule has 0 bridgehead atoms. The maximum atomic E-state index is 12.4. The number of hydrogen-bond acceptors (Lipinski definition) is 5. The Labute approximate surface area is 145 Å². The van der Waals surface area contributed by atoms with E-state index in [0.29, 0.717) is 18.3 Å². The molecule has 0 saturated heterocycles. The summed E-state index contributed by atoms with van der Waals surface area (Å²) in [6, 6.07) is 7.91. The maximum absolute atomic E-state index is 12.4. The third-order valence-electron chi connectivity index (χ3n) is 4.27. The normalized spacial score (nSPS) is 13.4. The second-order valence-corrected chi connectivity index (χ2v) is 6.57. The van der Waals surface area contributed by atoms with Crippen LogP contribution in [0.25, 0.3) is 5.78 Å². The van der Waals surface area contributed by atoms with Gasteiger partial charge in [-0.3, -0.25) is 9.89 Å². The number of benzene rings is 1. The van der Waals surface area contributed by atoms with Crippen molar-refractivity contribution in [2.24, 2.45) is 0 Å². The first-order valence-corrected chi connectivity index (χ1v) is 8.60. The molecule has 0 atom stereocenters. The minimum atomic E-state index is -0.0340. The van der Waals surface area contributed by atoms with Crippen molar-refractivity contribution in [1.29, 1.82) is 0 Å². The Morgan fingerprint density at radius 1 is 1.24 bits per heavy atom. The highest BCUT2D eigenvalue weighted by Gasteiger charge is 2.19. The largest absolute Gasteiger partial charge is 0.491 e. The zero-order chi connectivity index (χ0) is 17.4. The fourth-order valence-corrected chi connectivity index (χ4v) is 3.11. The van der Waals surface area contributed by atoms with E-state index in [0.717, 1.165) is 41.8 Å². The molecule has 0 aliphatic heterocycles. The summed E-state index contributed by atoms with van der Waals surface area (Å²) in [5.41, 5.74) is 2.77. The fraction of sp³-hybridized carbons (Fsp3) is 0.389. The second-order valence-electron chi connectivity index (χ2n) is 6.57. The first-order chi connectivity index (χ1) is 12.1. The minimum absolute atomic E-state index is 0.0340. The molecule has 0 saturated carbocycles. The predicted octanol–water partition coefficient (Wildman–Crippen LogP) is 2.31. The molecule has 130 valence electrons. The first-order valence-electron chi connectivity index (χ1n) is 8.60. The third-order valence-corrected chi connectivity index (χ3v) is 4.27. The standard InChI is InChI=1S/C18H21N5O2/c1-11(2)25-13-8-6-12(7-9-13)10-19-17-21-18-20-15-5-3-4-14(15)16(24)23(18)22-17/h6-9,11H,3-5,10H2,1-2H3,(H2,19,20,21,22). The van der Waals surface area contributed by atoms with E-state index in [2.05, 4.69) is 20.4 Å². The van der Waals surface area contributed by atoms with Crippen LogP contribution in [0.3, 0.4) is 0 Å². The number of aromatic nitrogens is 4. The van der Waals surface area contributed by atoms with Crippen molar-refractivity contribution in [3.05, 3.63) is 51.4 Å². The molecule has 2 heterocycles. The van der Waals surface area contributed by atoms with Gasteiger partial charge in [0.2, 0.25) is 5.95 Å². The summed E-state index contributed by atoms with van der Waals surface area (Å²) >= 11 is 0. The summed E-state index contributed by atoms with van der Waals surface area (Å²) < 4.78 is 7.06. The lowest BCUT2D eigenvalue weighted by molar-refractivity contribution is 0.242. The smallest absolute Gasteiger partial charge is 0.277 e. The van der Waals surface area contributed by atoms with Crippen LogP contribution in [0.5, 0.6) is 5.75 Å². The lowest BCUT2D eigenvalue weighted by Gasteiger charge is -2.10. The molecule has 1 aromatic carbocycles. The van der Waals surface area contributed by atoms with Crippen molar-refractivity contribution >= 4 is 11.7 Å². The number of rotatable bonds is 5. The van der Waals surface area contributed by atoms with Crippen LogP contribution in [0.2, 0.25) is 0 Å². The van der Waals surface area contributed by atoms with Gasteiger partial charge in [-0.05, 0) is 50.8 Å². The van der Waals surface area contributed by atoms with Crippen LogP contribution in [0.1, 0.15) is 37.1 Å². The van der Waals surface area contributed by atoms with Crippen molar-refractivity contribution in [1.82, 2.24) is 19.6 Å². The van der Waals surface area contributed by atoms with Crippen LogP contribution in [-0.2, 0) is 19.4 Å². The number of aryl methyl sites for hydroxylation is 1. The van der Waals surface area contributed by atoms with Crippen molar-refractivity contribution in [2.75, 3.05) is 5.32 Å². The number of nitrogens with one attached hydrogen (secondary N) is 2. The number of ether oxygens (including phenoxy) is 1. The molecular weight excluding hydrogens is 318 g/mol. The topological polar surface area (TPSA) is 84.3 Å². The number of H-pyrrole nitrogens is 1. The van der Waals surface area contributed by atoms with E-state index in [4.69, 9.17) is 4.74 Å². The van der Waals surface area contributed by atoms with Gasteiger partial charge in [0.15, 0.2) is 0 Å². The molecule has 1 aliphatic carbocycles. The second kappa shape index (κ2) is 6.23. The summed E-state index contributed by atoms with van der Waals surface area (Å²) in [4.78, 5) is 21.3. The van der Waals surface area contributed by atoms with Crippen molar-refractivity contribution in [3.63, 3.8) is 0 Å². The molecule has 7 nitrogen and oxygen atoms in total. The number of fused-ring (bicyclic) bond motifs is 2. The Morgan fingerprint density at radius 3 is 2.80 bits per heavy atom. The molecule has 0 amide bonds. The van der Waals surface area contributed by atoms with Crippen molar-refractivity contribution in [3.8, 4) is 5.75 Å². The van der Waals surface area contributed by atoms with Crippen LogP contribution >= 0.6 is 0 Å². The van der Waals surface area contributed by atoms with E-state index in [-0.39, 0.29) is 11.7 Å². The monoisotopic (exact) mass is 339 g/mol. The van der Waals surface area contributed by atoms with E-state index >= 15 is 0 Å². The molecule has 0 spiro atoms. The Kier molecular flexibility index (Phi) is 3.91. The summed E-state index contributed by atoms with van der Waals surface area (Å²) in [5.74, 6) is 1.82. The molecule has 3 aromatic rings. The van der Waals surface area contributed by atoms with Crippen LogP contribution < -0.4 is 15.6 Å². The zero-order valence-electron chi connectivity index (χ0n) is 14.4. The highest BCUT2D eigenvalue weighted by atomic mass is 16.5. The van der Waals surface area contributed by atoms with Crippen LogP contribution in [0.15, 0.2) is 29.1 Å². The van der Waals surface area contributed by atoms with E-state index in [1.807, 2.05) is 38.1 Å². The van der Waals surface area contributed by atoms with Crippen molar-refractivity contribution in [2.45, 2.75) is 45.8 Å². The quantitative estimate of drug-likeness (QED) is 0.745. The van der Waals surface area contributed by atoms with E-state index in [9.17, 15) is 4.79 Å². The molecule has 2 aromatic heterocycles. The number of hydrogen-bond donors (Lipinski definition) is 2. The molecule has 4 rings (SSSR count). The highest BCUT2D eigenvalue weighted by Crippen LogP contribution is 2.17. The van der Waals surface area contributed by atoms with Gasteiger partial charge in [-0.1, -0.05) is 12.1 Å². The van der Waals surface area contributed by atoms with Gasteiger partial charge < -0.3 is 10.1 Å². The van der Waals surface area contributed by atoms with Crippen LogP contribution in [-0.4, -0.2) is 25.7 Å². The number of nitrogens with zero attached hydrogens (tertiary/aromatic N) is 3. The Balaban J connectivity index is 1.50. The van der Waals surface area contributed by atoms with Gasteiger partial charge in [0.05, 0.1) is 11.8 Å². The van der Waals surface area contributed by atoms with E-state index < -0.39 is 0 Å². The molecule has 7 heteroatoms. The van der Waals surface area contributed by atoms with Gasteiger partial charge in [-0.25, -0.2) is 4.98 Å². The van der Waals surface area contributed by atoms with Gasteiger partial charge in [-0.2, -0.15) is 9.50 Å². The van der Waals surface area contributed by atoms with Gasteiger partial charge in [0.25, 0.3) is 11.3 Å². The van der Waals surface area contributed by atoms with Gasteiger partial charge in [0.1, 0.15) is 5.75 Å². The third kappa shape index (κ3) is 3.09. The maximum Gasteiger partial charge on any atom is 0.277 e.